The van der Waals surface area contributed by atoms with Crippen LogP contribution in [-0.2, 0) is 16.0 Å². The number of thiazole rings is 1. The summed E-state index contributed by atoms with van der Waals surface area (Å²) >= 11 is 1.65. The summed E-state index contributed by atoms with van der Waals surface area (Å²) in [6.07, 6.45) is 3.44. The van der Waals surface area contributed by atoms with Crippen molar-refractivity contribution in [2.45, 2.75) is 39.5 Å². The summed E-state index contributed by atoms with van der Waals surface area (Å²) in [6, 6.07) is 0. The first-order valence-electron chi connectivity index (χ1n) is 6.47. The maximum atomic E-state index is 11.1. The number of aryl methyl sites for hydroxylation is 1. The Kier molecular flexibility index (Phi) is 6.72. The average Bonchev–Trinajstić information content (AvgIpc) is 2.85. The number of hydrogen-bond donors (Lipinski definition) is 0. The van der Waals surface area contributed by atoms with Crippen LogP contribution in [0.15, 0.2) is 5.38 Å². The molecule has 0 aliphatic heterocycles. The summed E-state index contributed by atoms with van der Waals surface area (Å²) in [5, 5.41) is 3.10. The quantitative estimate of drug-likeness (QED) is 0.681. The van der Waals surface area contributed by atoms with E-state index in [4.69, 9.17) is 0 Å². The number of ether oxygens (including phenoxy) is 1. The number of carbonyl (C=O) groups is 1. The van der Waals surface area contributed by atoms with Crippen molar-refractivity contribution in [1.82, 2.24) is 4.98 Å². The van der Waals surface area contributed by atoms with E-state index in [0.717, 1.165) is 23.9 Å². The lowest BCUT2D eigenvalue weighted by atomic mass is 10.2. The summed E-state index contributed by atoms with van der Waals surface area (Å²) in [6.45, 7) is 6.36. The Balaban J connectivity index is 2.52. The highest BCUT2D eigenvalue weighted by Gasteiger charge is 2.10. The Morgan fingerprint density at radius 2 is 2.28 bits per heavy atom. The van der Waals surface area contributed by atoms with Crippen LogP contribution in [0.1, 0.15) is 38.8 Å². The molecule has 0 radical (unpaired) electrons. The summed E-state index contributed by atoms with van der Waals surface area (Å²) in [5.74, 6) is -0.178. The molecule has 1 aromatic heterocycles. The summed E-state index contributed by atoms with van der Waals surface area (Å²) in [5.41, 5.74) is 0.982. The van der Waals surface area contributed by atoms with Crippen LogP contribution in [0.25, 0.3) is 0 Å². The standard InChI is InChI=1S/C13H22N2O2S/c1-4-6-9-15(5-2)13-14-11(10-18-13)7-8-12(16)17-3/h10H,4-9H2,1-3H3. The molecule has 0 aromatic carbocycles. The van der Waals surface area contributed by atoms with Crippen molar-refractivity contribution >= 4 is 22.4 Å². The van der Waals surface area contributed by atoms with Gasteiger partial charge in [-0.15, -0.1) is 11.3 Å². The number of methoxy groups -OCH3 is 1. The number of anilines is 1. The van der Waals surface area contributed by atoms with Crippen LogP contribution in [0, 0.1) is 0 Å². The molecule has 0 N–H and O–H groups in total. The van der Waals surface area contributed by atoms with E-state index in [-0.39, 0.29) is 5.97 Å². The molecule has 0 aliphatic carbocycles. The van der Waals surface area contributed by atoms with Gasteiger partial charge in [-0.3, -0.25) is 4.79 Å². The maximum absolute atomic E-state index is 11.1. The molecule has 0 saturated carbocycles. The van der Waals surface area contributed by atoms with E-state index >= 15 is 0 Å². The number of hydrogen-bond acceptors (Lipinski definition) is 5. The van der Waals surface area contributed by atoms with E-state index in [1.807, 2.05) is 5.38 Å². The van der Waals surface area contributed by atoms with Crippen molar-refractivity contribution in [3.8, 4) is 0 Å². The molecular weight excluding hydrogens is 248 g/mol. The second kappa shape index (κ2) is 8.08. The van der Waals surface area contributed by atoms with Gasteiger partial charge in [0.2, 0.25) is 0 Å². The Morgan fingerprint density at radius 1 is 1.50 bits per heavy atom. The van der Waals surface area contributed by atoms with Gasteiger partial charge in [0.1, 0.15) is 0 Å². The predicted octanol–water partition coefficient (Wildman–Crippen LogP) is 2.88. The van der Waals surface area contributed by atoms with Gasteiger partial charge in [0.25, 0.3) is 0 Å². The minimum Gasteiger partial charge on any atom is -0.469 e. The molecule has 1 heterocycles. The monoisotopic (exact) mass is 270 g/mol. The van der Waals surface area contributed by atoms with E-state index in [1.165, 1.54) is 20.0 Å². The van der Waals surface area contributed by atoms with Crippen molar-refractivity contribution in [1.29, 1.82) is 0 Å². The molecule has 0 amide bonds. The molecule has 0 bridgehead atoms. The lowest BCUT2D eigenvalue weighted by molar-refractivity contribution is -0.140. The van der Waals surface area contributed by atoms with E-state index in [0.29, 0.717) is 12.8 Å². The largest absolute Gasteiger partial charge is 0.469 e. The number of nitrogens with zero attached hydrogens (tertiary/aromatic N) is 2. The molecule has 4 nitrogen and oxygen atoms in total. The fourth-order valence-electron chi connectivity index (χ4n) is 1.63. The Labute approximate surface area is 113 Å². The maximum Gasteiger partial charge on any atom is 0.305 e. The SMILES string of the molecule is CCCCN(CC)c1nc(CCC(=O)OC)cs1. The molecule has 18 heavy (non-hydrogen) atoms. The van der Waals surface area contributed by atoms with Crippen LogP contribution >= 0.6 is 11.3 Å². The summed E-state index contributed by atoms with van der Waals surface area (Å²) in [7, 11) is 1.42. The smallest absolute Gasteiger partial charge is 0.305 e. The minimum absolute atomic E-state index is 0.178. The molecule has 0 atom stereocenters. The molecule has 0 fully saturated rings. The molecule has 0 unspecified atom stereocenters. The molecule has 1 aromatic rings. The number of unbranched alkanes of at least 4 members (excludes halogenated alkanes) is 1. The zero-order chi connectivity index (χ0) is 13.4. The Hall–Kier alpha value is -1.10. The lowest BCUT2D eigenvalue weighted by Gasteiger charge is -2.19. The molecule has 5 heteroatoms. The zero-order valence-corrected chi connectivity index (χ0v) is 12.3. The first-order chi connectivity index (χ1) is 8.71. The van der Waals surface area contributed by atoms with E-state index < -0.39 is 0 Å². The van der Waals surface area contributed by atoms with Gasteiger partial charge in [-0.2, -0.15) is 0 Å². The van der Waals surface area contributed by atoms with Gasteiger partial charge in [0.05, 0.1) is 19.2 Å². The minimum atomic E-state index is -0.178. The van der Waals surface area contributed by atoms with Gasteiger partial charge in [0.15, 0.2) is 5.13 Å². The lowest BCUT2D eigenvalue weighted by Crippen LogP contribution is -2.23. The third-order valence-electron chi connectivity index (χ3n) is 2.79. The number of carbonyl (C=O) groups excluding carboxylic acids is 1. The van der Waals surface area contributed by atoms with Crippen molar-refractivity contribution in [2.75, 3.05) is 25.1 Å². The van der Waals surface area contributed by atoms with Gasteiger partial charge in [0, 0.05) is 24.9 Å². The van der Waals surface area contributed by atoms with E-state index in [9.17, 15) is 4.79 Å². The van der Waals surface area contributed by atoms with E-state index in [2.05, 4.69) is 28.5 Å². The molecule has 0 spiro atoms. The van der Waals surface area contributed by atoms with Crippen molar-refractivity contribution in [3.05, 3.63) is 11.1 Å². The second-order valence-corrected chi connectivity index (χ2v) is 4.97. The topological polar surface area (TPSA) is 42.4 Å². The van der Waals surface area contributed by atoms with Crippen LogP contribution in [0.5, 0.6) is 0 Å². The summed E-state index contributed by atoms with van der Waals surface area (Å²) < 4.78 is 4.63. The fourth-order valence-corrected chi connectivity index (χ4v) is 2.58. The molecule has 1 rings (SSSR count). The molecule has 0 saturated heterocycles. The first kappa shape index (κ1) is 15.0. The third kappa shape index (κ3) is 4.64. The molecule has 0 aliphatic rings. The first-order valence-corrected chi connectivity index (χ1v) is 7.35. The zero-order valence-electron chi connectivity index (χ0n) is 11.4. The van der Waals surface area contributed by atoms with Crippen molar-refractivity contribution in [3.63, 3.8) is 0 Å². The second-order valence-electron chi connectivity index (χ2n) is 4.13. The number of esters is 1. The predicted molar refractivity (Wildman–Crippen MR) is 75.2 cm³/mol. The van der Waals surface area contributed by atoms with Crippen LogP contribution in [0.4, 0.5) is 5.13 Å². The van der Waals surface area contributed by atoms with E-state index in [1.54, 1.807) is 11.3 Å². The van der Waals surface area contributed by atoms with Gasteiger partial charge in [-0.05, 0) is 13.3 Å². The normalized spacial score (nSPS) is 10.4. The average molecular weight is 270 g/mol. The highest BCUT2D eigenvalue weighted by molar-refractivity contribution is 7.13. The highest BCUT2D eigenvalue weighted by atomic mass is 32.1. The van der Waals surface area contributed by atoms with Crippen LogP contribution in [0.3, 0.4) is 0 Å². The molecule has 102 valence electrons. The van der Waals surface area contributed by atoms with Gasteiger partial charge in [-0.25, -0.2) is 4.98 Å². The van der Waals surface area contributed by atoms with Crippen molar-refractivity contribution < 1.29 is 9.53 Å². The number of rotatable bonds is 8. The third-order valence-corrected chi connectivity index (χ3v) is 3.74. The number of aromatic nitrogens is 1. The van der Waals surface area contributed by atoms with Crippen LogP contribution in [0.2, 0.25) is 0 Å². The Morgan fingerprint density at radius 3 is 2.89 bits per heavy atom. The van der Waals surface area contributed by atoms with Gasteiger partial charge < -0.3 is 9.64 Å². The van der Waals surface area contributed by atoms with Crippen LogP contribution < -0.4 is 4.90 Å². The van der Waals surface area contributed by atoms with Gasteiger partial charge in [-0.1, -0.05) is 13.3 Å². The van der Waals surface area contributed by atoms with Crippen molar-refractivity contribution in [2.24, 2.45) is 0 Å². The fraction of sp³-hybridized carbons (Fsp3) is 0.692. The summed E-state index contributed by atoms with van der Waals surface area (Å²) in [4.78, 5) is 17.9. The highest BCUT2D eigenvalue weighted by Crippen LogP contribution is 2.21. The molecular formula is C13H22N2O2S. The van der Waals surface area contributed by atoms with Crippen LogP contribution in [-0.4, -0.2) is 31.2 Å². The Bertz CT molecular complexity index is 366. The van der Waals surface area contributed by atoms with Gasteiger partial charge >= 0.3 is 5.97 Å².